The van der Waals surface area contributed by atoms with Crippen LogP contribution in [0.5, 0.6) is 0 Å². The Kier molecular flexibility index (Phi) is 29.9. The maximum atomic E-state index is 12.0. The van der Waals surface area contributed by atoms with Crippen molar-refractivity contribution in [1.29, 1.82) is 0 Å². The maximum Gasteiger partial charge on any atom is 0.472 e. The SMILES string of the molecule is CC/C=C\C/C=C\C/C=C\C/C=C\C/C=C\C/C=C\CCCCCOCC(COP(=O)(O)OCCN)OC(=O)CCCC. The molecular weight excluding hydrogens is 565 g/mol. The van der Waals surface area contributed by atoms with Gasteiger partial charge in [0.2, 0.25) is 0 Å². The van der Waals surface area contributed by atoms with Crippen molar-refractivity contribution in [3.8, 4) is 0 Å². The molecule has 0 rings (SSSR count). The van der Waals surface area contributed by atoms with Gasteiger partial charge in [-0.2, -0.15) is 0 Å². The third kappa shape index (κ3) is 31.2. The number of phosphoric ester groups is 1. The van der Waals surface area contributed by atoms with Gasteiger partial charge in [0.25, 0.3) is 0 Å². The Hall–Kier alpha value is -2.06. The highest BCUT2D eigenvalue weighted by molar-refractivity contribution is 7.47. The molecule has 0 aliphatic heterocycles. The average Bonchev–Trinajstić information content (AvgIpc) is 2.99. The van der Waals surface area contributed by atoms with Gasteiger partial charge in [-0.25, -0.2) is 4.57 Å². The quantitative estimate of drug-likeness (QED) is 0.0369. The molecule has 0 fully saturated rings. The Labute approximate surface area is 261 Å². The molecule has 0 saturated heterocycles. The zero-order valence-corrected chi connectivity index (χ0v) is 27.5. The molecule has 2 atom stereocenters. The molecule has 0 heterocycles. The summed E-state index contributed by atoms with van der Waals surface area (Å²) in [6.07, 6.45) is 37.4. The number of hydrogen-bond donors (Lipinski definition) is 2. The number of unbranched alkanes of at least 4 members (excludes halogenated alkanes) is 4. The van der Waals surface area contributed by atoms with Crippen LogP contribution in [0, 0.1) is 0 Å². The second-order valence-electron chi connectivity index (χ2n) is 9.94. The number of carbonyl (C=O) groups excluding carboxylic acids is 1. The highest BCUT2D eigenvalue weighted by Crippen LogP contribution is 2.43. The lowest BCUT2D eigenvalue weighted by atomic mass is 10.2. The van der Waals surface area contributed by atoms with Crippen LogP contribution in [0.4, 0.5) is 0 Å². The zero-order valence-electron chi connectivity index (χ0n) is 26.7. The minimum Gasteiger partial charge on any atom is -0.457 e. The molecule has 0 aromatic heterocycles. The van der Waals surface area contributed by atoms with Gasteiger partial charge in [0.05, 0.1) is 19.8 Å². The number of ether oxygens (including phenoxy) is 2. The second-order valence-corrected chi connectivity index (χ2v) is 11.4. The summed E-state index contributed by atoms with van der Waals surface area (Å²) in [6.45, 7) is 4.41. The van der Waals surface area contributed by atoms with E-state index in [0.29, 0.717) is 13.0 Å². The zero-order chi connectivity index (χ0) is 31.7. The average molecular weight is 624 g/mol. The van der Waals surface area contributed by atoms with Crippen molar-refractivity contribution in [2.45, 2.75) is 103 Å². The molecule has 8 nitrogen and oxygen atoms in total. The number of phosphoric acid groups is 1. The lowest BCUT2D eigenvalue weighted by Crippen LogP contribution is -2.28. The maximum absolute atomic E-state index is 12.0. The Bertz CT molecular complexity index is 880. The third-order valence-electron chi connectivity index (χ3n) is 5.89. The monoisotopic (exact) mass is 623 g/mol. The van der Waals surface area contributed by atoms with E-state index >= 15 is 0 Å². The van der Waals surface area contributed by atoms with Gasteiger partial charge in [-0.05, 0) is 64.2 Å². The Morgan fingerprint density at radius 2 is 1.28 bits per heavy atom. The van der Waals surface area contributed by atoms with Crippen molar-refractivity contribution in [3.63, 3.8) is 0 Å². The molecule has 0 aromatic rings. The second kappa shape index (κ2) is 31.4. The normalized spacial score (nSPS) is 14.8. The predicted molar refractivity (Wildman–Crippen MR) is 178 cm³/mol. The van der Waals surface area contributed by atoms with Crippen molar-refractivity contribution in [2.24, 2.45) is 5.73 Å². The van der Waals surface area contributed by atoms with Crippen LogP contribution < -0.4 is 5.73 Å². The summed E-state index contributed by atoms with van der Waals surface area (Å²) >= 11 is 0. The van der Waals surface area contributed by atoms with Gasteiger partial charge in [-0.15, -0.1) is 0 Å². The van der Waals surface area contributed by atoms with Crippen LogP contribution in [-0.2, 0) is 27.9 Å². The lowest BCUT2D eigenvalue weighted by Gasteiger charge is -2.20. The number of hydrogen-bond acceptors (Lipinski definition) is 7. The number of allylic oxidation sites excluding steroid dienone is 12. The van der Waals surface area contributed by atoms with Gasteiger partial charge in [-0.1, -0.05) is 99.6 Å². The van der Waals surface area contributed by atoms with Gasteiger partial charge < -0.3 is 20.1 Å². The smallest absolute Gasteiger partial charge is 0.457 e. The van der Waals surface area contributed by atoms with Crippen LogP contribution in [0.1, 0.15) is 97.3 Å². The van der Waals surface area contributed by atoms with Crippen molar-refractivity contribution in [1.82, 2.24) is 0 Å². The van der Waals surface area contributed by atoms with Crippen LogP contribution in [-0.4, -0.2) is 49.9 Å². The molecule has 0 aliphatic carbocycles. The van der Waals surface area contributed by atoms with Gasteiger partial charge in [-0.3, -0.25) is 13.8 Å². The van der Waals surface area contributed by atoms with Gasteiger partial charge in [0.15, 0.2) is 0 Å². The van der Waals surface area contributed by atoms with Crippen LogP contribution >= 0.6 is 7.82 Å². The van der Waals surface area contributed by atoms with Gasteiger partial charge in [0.1, 0.15) is 6.10 Å². The van der Waals surface area contributed by atoms with Crippen LogP contribution in [0.25, 0.3) is 0 Å². The Balaban J connectivity index is 3.95. The first kappa shape index (κ1) is 40.9. The largest absolute Gasteiger partial charge is 0.472 e. The van der Waals surface area contributed by atoms with E-state index in [2.05, 4.69) is 79.8 Å². The van der Waals surface area contributed by atoms with Gasteiger partial charge >= 0.3 is 13.8 Å². The number of carbonyl (C=O) groups is 1. The summed E-state index contributed by atoms with van der Waals surface area (Å²) in [5.41, 5.74) is 5.29. The van der Waals surface area contributed by atoms with E-state index in [-0.39, 0.29) is 38.8 Å². The van der Waals surface area contributed by atoms with Crippen LogP contribution in [0.15, 0.2) is 72.9 Å². The molecule has 9 heteroatoms. The summed E-state index contributed by atoms with van der Waals surface area (Å²) in [6, 6.07) is 0. The molecule has 0 aromatic carbocycles. The predicted octanol–water partition coefficient (Wildman–Crippen LogP) is 8.46. The van der Waals surface area contributed by atoms with Crippen molar-refractivity contribution >= 4 is 13.8 Å². The first-order valence-electron chi connectivity index (χ1n) is 15.9. The van der Waals surface area contributed by atoms with Gasteiger partial charge in [0, 0.05) is 19.6 Å². The van der Waals surface area contributed by atoms with Crippen LogP contribution in [0.3, 0.4) is 0 Å². The van der Waals surface area contributed by atoms with E-state index in [1.807, 2.05) is 6.92 Å². The molecule has 2 unspecified atom stereocenters. The van der Waals surface area contributed by atoms with E-state index in [0.717, 1.165) is 70.6 Å². The number of rotatable bonds is 29. The fourth-order valence-electron chi connectivity index (χ4n) is 3.56. The molecule has 0 spiro atoms. The number of esters is 1. The highest BCUT2D eigenvalue weighted by atomic mass is 31.2. The minimum atomic E-state index is -4.26. The van der Waals surface area contributed by atoms with E-state index in [9.17, 15) is 14.3 Å². The minimum absolute atomic E-state index is 0.0852. The summed E-state index contributed by atoms with van der Waals surface area (Å²) in [4.78, 5) is 21.7. The van der Waals surface area contributed by atoms with Crippen molar-refractivity contribution < 1.29 is 32.8 Å². The number of nitrogens with two attached hydrogens (primary N) is 1. The van der Waals surface area contributed by atoms with E-state index in [1.54, 1.807) is 0 Å². The molecule has 3 N–H and O–H groups in total. The fraction of sp³-hybridized carbons (Fsp3) is 0.618. The molecule has 43 heavy (non-hydrogen) atoms. The summed E-state index contributed by atoms with van der Waals surface area (Å²) in [5.74, 6) is -0.383. The van der Waals surface area contributed by atoms with Crippen LogP contribution in [0.2, 0.25) is 0 Å². The van der Waals surface area contributed by atoms with E-state index in [4.69, 9.17) is 24.3 Å². The highest BCUT2D eigenvalue weighted by Gasteiger charge is 2.25. The molecule has 0 saturated carbocycles. The summed E-state index contributed by atoms with van der Waals surface area (Å²) in [5, 5.41) is 0. The molecule has 0 amide bonds. The lowest BCUT2D eigenvalue weighted by molar-refractivity contribution is -0.154. The topological polar surface area (TPSA) is 117 Å². The van der Waals surface area contributed by atoms with E-state index < -0.39 is 13.9 Å². The molecule has 0 bridgehead atoms. The molecule has 0 radical (unpaired) electrons. The first-order chi connectivity index (χ1) is 20.9. The van der Waals surface area contributed by atoms with Crippen molar-refractivity contribution in [3.05, 3.63) is 72.9 Å². The molecule has 246 valence electrons. The first-order valence-corrected chi connectivity index (χ1v) is 17.4. The summed E-state index contributed by atoms with van der Waals surface area (Å²) in [7, 11) is -4.26. The summed E-state index contributed by atoms with van der Waals surface area (Å²) < 4.78 is 32.6. The van der Waals surface area contributed by atoms with E-state index in [1.165, 1.54) is 0 Å². The Morgan fingerprint density at radius 3 is 1.81 bits per heavy atom. The third-order valence-corrected chi connectivity index (χ3v) is 6.87. The fourth-order valence-corrected chi connectivity index (χ4v) is 4.33. The Morgan fingerprint density at radius 1 is 0.721 bits per heavy atom. The van der Waals surface area contributed by atoms with Crippen molar-refractivity contribution in [2.75, 3.05) is 33.0 Å². The molecule has 0 aliphatic rings. The standard InChI is InChI=1S/C34H58NO7P/c1-3-5-7-8-9-10-11-12-13-14-15-16-17-18-19-20-21-22-23-24-25-26-29-39-31-33(42-34(36)27-6-4-2)32-41-43(37,38)40-30-28-35/h5,7,9-10,12-13,15-16,18-19,21-22,33H,3-4,6,8,11,14,17,20,23-32,35H2,1-2H3,(H,37,38)/b7-5-,10-9-,13-12-,16-15-,19-18-,22-21-. The molecular formula is C34H58NO7P.